The number of hydrogen-bond donors (Lipinski definition) is 0. The van der Waals surface area contributed by atoms with Crippen molar-refractivity contribution in [3.8, 4) is 5.75 Å². The van der Waals surface area contributed by atoms with Crippen LogP contribution in [0, 0.1) is 5.82 Å². The van der Waals surface area contributed by atoms with E-state index in [9.17, 15) is 0 Å². The van der Waals surface area contributed by atoms with Crippen LogP contribution in [-0.4, -0.2) is 38.1 Å². The van der Waals surface area contributed by atoms with Gasteiger partial charge in [-0.3, -0.25) is 0 Å². The largest absolute Gasteiger partial charge is 0.494 e. The summed E-state index contributed by atoms with van der Waals surface area (Å²) in [5.41, 5.74) is 6.56. The highest BCUT2D eigenvalue weighted by molar-refractivity contribution is 6.36. The lowest BCUT2D eigenvalue weighted by Crippen LogP contribution is -2.58. The summed E-state index contributed by atoms with van der Waals surface area (Å²) in [5, 5.41) is 2.36. The topological polar surface area (TPSA) is 55.4 Å². The fourth-order valence-electron chi connectivity index (χ4n) is 7.87. The fraction of sp³-hybridized carbons (Fsp3) is 0.231. The van der Waals surface area contributed by atoms with Crippen molar-refractivity contribution in [2.45, 2.75) is 63.4 Å². The van der Waals surface area contributed by atoms with Crippen LogP contribution in [0.2, 0.25) is 5.02 Å². The zero-order valence-electron chi connectivity index (χ0n) is 33.5. The Morgan fingerprint density at radius 1 is 0.533 bits per heavy atom. The smallest absolute Gasteiger partial charge is 0.165 e. The molecule has 0 N–H and O–H groups in total. The highest BCUT2D eigenvalue weighted by atomic mass is 35.5. The van der Waals surface area contributed by atoms with Crippen LogP contribution in [0.25, 0.3) is 10.8 Å². The van der Waals surface area contributed by atoms with Crippen LogP contribution in [-0.2, 0) is 56.5 Å². The molecule has 60 heavy (non-hydrogen) atoms. The predicted octanol–water partition coefficient (Wildman–Crippen LogP) is 11.6. The van der Waals surface area contributed by atoms with E-state index in [1.165, 1.54) is 13.2 Å². The monoisotopic (exact) mass is 822 g/mol. The third-order valence-corrected chi connectivity index (χ3v) is 11.3. The van der Waals surface area contributed by atoms with Gasteiger partial charge in [0.1, 0.15) is 30.5 Å². The van der Waals surface area contributed by atoms with Gasteiger partial charge in [0.05, 0.1) is 45.2 Å². The Kier molecular flexibility index (Phi) is 14.0. The molecule has 0 aromatic heterocycles. The molecule has 7 aromatic rings. The highest BCUT2D eigenvalue weighted by Crippen LogP contribution is 2.43. The Morgan fingerprint density at radius 2 is 1.03 bits per heavy atom. The minimum atomic E-state index is -0.662. The number of hydrogen-bond acceptors (Lipinski definition) is 6. The minimum absolute atomic E-state index is 0.184. The molecular weight excluding hydrogens is 775 g/mol. The average Bonchev–Trinajstić information content (AvgIpc) is 3.29. The van der Waals surface area contributed by atoms with Gasteiger partial charge in [0.2, 0.25) is 0 Å². The summed E-state index contributed by atoms with van der Waals surface area (Å²) in [6, 6.07) is 55.5. The van der Waals surface area contributed by atoms with E-state index in [1.807, 2.05) is 133 Å². The number of benzene rings is 7. The van der Waals surface area contributed by atoms with Gasteiger partial charge >= 0.3 is 0 Å². The summed E-state index contributed by atoms with van der Waals surface area (Å²) >= 11 is 7.25. The van der Waals surface area contributed by atoms with Crippen molar-refractivity contribution in [2.24, 2.45) is 0 Å². The van der Waals surface area contributed by atoms with Gasteiger partial charge in [-0.2, -0.15) is 0 Å². The van der Waals surface area contributed by atoms with E-state index in [1.54, 1.807) is 6.07 Å². The zero-order valence-corrected chi connectivity index (χ0v) is 34.3. The van der Waals surface area contributed by atoms with Crippen LogP contribution in [0.4, 0.5) is 4.39 Å². The molecule has 0 aliphatic carbocycles. The van der Waals surface area contributed by atoms with Crippen molar-refractivity contribution in [3.05, 3.63) is 220 Å². The first-order chi connectivity index (χ1) is 29.5. The minimum Gasteiger partial charge on any atom is -0.494 e. The van der Waals surface area contributed by atoms with E-state index in [-0.39, 0.29) is 12.4 Å². The molecule has 0 amide bonds. The van der Waals surface area contributed by atoms with Crippen LogP contribution < -0.4 is 4.74 Å². The first kappa shape index (κ1) is 41.4. The van der Waals surface area contributed by atoms with Crippen LogP contribution in [0.15, 0.2) is 170 Å². The highest BCUT2D eigenvalue weighted by Gasteiger charge is 2.49. The maximum Gasteiger partial charge on any atom is 0.165 e. The van der Waals surface area contributed by atoms with Crippen LogP contribution in [0.1, 0.15) is 45.0 Å². The van der Waals surface area contributed by atoms with E-state index in [0.717, 1.165) is 49.7 Å². The van der Waals surface area contributed by atoms with E-state index < -0.39 is 36.3 Å². The molecule has 0 unspecified atom stereocenters. The number of ether oxygens (including phenoxy) is 6. The molecule has 8 rings (SSSR count). The third kappa shape index (κ3) is 10.1. The second-order valence-corrected chi connectivity index (χ2v) is 15.4. The molecule has 0 saturated carbocycles. The third-order valence-electron chi connectivity index (χ3n) is 10.9. The summed E-state index contributed by atoms with van der Waals surface area (Å²) in [7, 11) is 1.46. The standard InChI is InChI=1S/C52H48ClFO6/c1-55-46-27-26-40(29-45(46)54)28-41-30-44(42-24-14-15-25-43(42)48(41)53)49-51(58-33-38-20-10-4-11-21-38)52(59-34-39-22-12-5-13-23-39)50(57-32-37-18-8-3-9-19-37)47(60-49)35-56-31-36-16-6-2-7-17-36/h2-27,29-30,47,49-52H,28,31-35H2,1H3/t47-,49+,50-,51+,52+/m1/s1. The van der Waals surface area contributed by atoms with Crippen LogP contribution in [0.3, 0.4) is 0 Å². The SMILES string of the molecule is COc1ccc(Cc2cc([C@@H]3O[C@H](COCc4ccccc4)[C@@H](OCc4ccccc4)[C@H](OCc4ccccc4)[C@H]3OCc3ccccc3)c3ccccc3c2Cl)cc1F. The molecule has 306 valence electrons. The molecule has 1 aliphatic heterocycles. The molecule has 8 heteroatoms. The first-order valence-electron chi connectivity index (χ1n) is 20.3. The van der Waals surface area contributed by atoms with E-state index >= 15 is 4.39 Å². The van der Waals surface area contributed by atoms with Gasteiger partial charge in [-0.25, -0.2) is 4.39 Å². The second-order valence-electron chi connectivity index (χ2n) is 15.0. The zero-order chi connectivity index (χ0) is 41.1. The molecule has 1 fully saturated rings. The Morgan fingerprint density at radius 3 is 1.58 bits per heavy atom. The summed E-state index contributed by atoms with van der Waals surface area (Å²) in [6.45, 7) is 1.58. The molecular formula is C52H48ClFO6. The molecule has 6 nitrogen and oxygen atoms in total. The van der Waals surface area contributed by atoms with Crippen molar-refractivity contribution in [1.29, 1.82) is 0 Å². The molecule has 0 spiro atoms. The van der Waals surface area contributed by atoms with Gasteiger partial charge in [-0.15, -0.1) is 0 Å². The molecule has 1 heterocycles. The summed E-state index contributed by atoms with van der Waals surface area (Å²) in [6.07, 6.45) is -2.73. The van der Waals surface area contributed by atoms with E-state index in [0.29, 0.717) is 37.9 Å². The van der Waals surface area contributed by atoms with Gasteiger partial charge < -0.3 is 28.4 Å². The Balaban J connectivity index is 1.24. The maximum absolute atomic E-state index is 15.0. The number of rotatable bonds is 17. The Hall–Kier alpha value is -5.38. The molecule has 7 aromatic carbocycles. The lowest BCUT2D eigenvalue weighted by Gasteiger charge is -2.46. The van der Waals surface area contributed by atoms with Crippen molar-refractivity contribution >= 4 is 22.4 Å². The summed E-state index contributed by atoms with van der Waals surface area (Å²) in [5.74, 6) is -0.250. The molecule has 0 bridgehead atoms. The van der Waals surface area contributed by atoms with Gasteiger partial charge in [-0.1, -0.05) is 169 Å². The van der Waals surface area contributed by atoms with Crippen molar-refractivity contribution < 1.29 is 32.8 Å². The van der Waals surface area contributed by atoms with Crippen LogP contribution in [0.5, 0.6) is 5.75 Å². The van der Waals surface area contributed by atoms with Gasteiger partial charge in [0.15, 0.2) is 11.6 Å². The quantitative estimate of drug-likeness (QED) is 0.0912. The second kappa shape index (κ2) is 20.3. The van der Waals surface area contributed by atoms with Crippen molar-refractivity contribution in [1.82, 2.24) is 0 Å². The number of methoxy groups -OCH3 is 1. The van der Waals surface area contributed by atoms with E-state index in [4.69, 9.17) is 40.0 Å². The molecule has 5 atom stereocenters. The normalized spacial score (nSPS) is 19.0. The van der Waals surface area contributed by atoms with E-state index in [2.05, 4.69) is 24.3 Å². The first-order valence-corrected chi connectivity index (χ1v) is 20.7. The lowest BCUT2D eigenvalue weighted by atomic mass is 9.86. The van der Waals surface area contributed by atoms with Gasteiger partial charge in [0.25, 0.3) is 0 Å². The van der Waals surface area contributed by atoms with Gasteiger partial charge in [0, 0.05) is 5.39 Å². The van der Waals surface area contributed by atoms with Crippen molar-refractivity contribution in [3.63, 3.8) is 0 Å². The summed E-state index contributed by atoms with van der Waals surface area (Å²) < 4.78 is 55.0. The number of fused-ring (bicyclic) bond motifs is 1. The lowest BCUT2D eigenvalue weighted by molar-refractivity contribution is -0.274. The Labute approximate surface area is 356 Å². The predicted molar refractivity (Wildman–Crippen MR) is 233 cm³/mol. The van der Waals surface area contributed by atoms with Crippen molar-refractivity contribution in [2.75, 3.05) is 13.7 Å². The maximum atomic E-state index is 15.0. The Bertz CT molecular complexity index is 2420. The van der Waals surface area contributed by atoms with Crippen LogP contribution >= 0.6 is 11.6 Å². The molecule has 1 aliphatic rings. The molecule has 0 radical (unpaired) electrons. The number of halogens is 2. The average molecular weight is 823 g/mol. The molecule has 1 saturated heterocycles. The summed E-state index contributed by atoms with van der Waals surface area (Å²) in [4.78, 5) is 0. The van der Waals surface area contributed by atoms with Gasteiger partial charge in [-0.05, 0) is 62.9 Å². The fourth-order valence-corrected chi connectivity index (χ4v) is 8.16.